The van der Waals surface area contributed by atoms with Crippen molar-refractivity contribution in [2.75, 3.05) is 7.11 Å². The molecule has 0 unspecified atom stereocenters. The fraction of sp³-hybridized carbons (Fsp3) is 0.300. The van der Waals surface area contributed by atoms with Crippen LogP contribution in [0, 0.1) is 0 Å². The van der Waals surface area contributed by atoms with Crippen molar-refractivity contribution in [1.82, 2.24) is 5.06 Å². The highest BCUT2D eigenvalue weighted by atomic mass is 16.7. The van der Waals surface area contributed by atoms with E-state index in [2.05, 4.69) is 0 Å². The first-order chi connectivity index (χ1) is 11.9. The number of benzene rings is 2. The summed E-state index contributed by atoms with van der Waals surface area (Å²) >= 11 is 0. The van der Waals surface area contributed by atoms with Gasteiger partial charge >= 0.3 is 5.97 Å². The minimum atomic E-state index is -0.585. The van der Waals surface area contributed by atoms with Gasteiger partial charge in [-0.2, -0.15) is 0 Å². The Morgan fingerprint density at radius 3 is 2.36 bits per heavy atom. The zero-order valence-corrected chi connectivity index (χ0v) is 14.9. The summed E-state index contributed by atoms with van der Waals surface area (Å²) < 4.78 is 5.48. The lowest BCUT2D eigenvalue weighted by atomic mass is 9.93. The normalized spacial score (nSPS) is 19.4. The topological polar surface area (TPSA) is 51.1 Å². The molecule has 2 aromatic carbocycles. The predicted molar refractivity (Wildman–Crippen MR) is 96.4 cm³/mol. The highest BCUT2D eigenvalue weighted by Crippen LogP contribution is 2.42. The molecule has 0 bridgehead atoms. The van der Waals surface area contributed by atoms with E-state index in [-0.39, 0.29) is 5.97 Å². The quantitative estimate of drug-likeness (QED) is 0.852. The average Bonchev–Trinajstić information content (AvgIpc) is 2.86. The van der Waals surface area contributed by atoms with Crippen LogP contribution in [0.25, 0.3) is 0 Å². The molecule has 3 rings (SSSR count). The van der Waals surface area contributed by atoms with E-state index in [1.165, 1.54) is 6.92 Å². The summed E-state index contributed by atoms with van der Waals surface area (Å²) in [6, 6.07) is 17.6. The smallest absolute Gasteiger partial charge is 0.322 e. The van der Waals surface area contributed by atoms with E-state index in [1.54, 1.807) is 12.2 Å². The Kier molecular flexibility index (Phi) is 4.59. The van der Waals surface area contributed by atoms with Crippen LogP contribution >= 0.6 is 0 Å². The van der Waals surface area contributed by atoms with Gasteiger partial charge in [0.05, 0.1) is 18.4 Å². The summed E-state index contributed by atoms with van der Waals surface area (Å²) in [5, 5.41) is 1.65. The molecule has 0 spiro atoms. The first kappa shape index (κ1) is 17.2. The van der Waals surface area contributed by atoms with Crippen molar-refractivity contribution in [1.29, 1.82) is 0 Å². The van der Waals surface area contributed by atoms with Crippen LogP contribution in [0.15, 0.2) is 59.6 Å². The number of carbonyl (C=O) groups is 1. The molecule has 1 heterocycles. The molecule has 0 saturated carbocycles. The molecule has 1 aliphatic heterocycles. The Morgan fingerprint density at radius 1 is 1.08 bits per heavy atom. The van der Waals surface area contributed by atoms with E-state index in [0.717, 1.165) is 16.8 Å². The first-order valence-corrected chi connectivity index (χ1v) is 8.19. The Bertz CT molecular complexity index is 800. The second-order valence-electron chi connectivity index (χ2n) is 6.43. The number of hydrogen-bond donors (Lipinski definition) is 0. The second-order valence-corrected chi connectivity index (χ2v) is 6.43. The highest BCUT2D eigenvalue weighted by molar-refractivity contribution is 6.08. The SMILES string of the molecule is COc1ccccc1[C@@H]1N=C(c2ccccc2)C(C)(C)N1OC(C)=O. The molecule has 0 saturated heterocycles. The van der Waals surface area contributed by atoms with Crippen molar-refractivity contribution in [2.24, 2.45) is 4.99 Å². The number of aliphatic imine (C=N–C) groups is 1. The van der Waals surface area contributed by atoms with Crippen molar-refractivity contribution in [3.63, 3.8) is 0 Å². The molecule has 0 amide bonds. The number of hydrogen-bond acceptors (Lipinski definition) is 5. The standard InChI is InChI=1S/C20H22N2O3/c1-14(23)25-22-19(16-12-8-9-13-17(16)24-4)21-18(20(22,2)3)15-10-6-5-7-11-15/h5-13,19H,1-4H3/t19-/m1/s1. The van der Waals surface area contributed by atoms with Gasteiger partial charge in [0.25, 0.3) is 0 Å². The fourth-order valence-corrected chi connectivity index (χ4v) is 3.14. The maximum absolute atomic E-state index is 11.7. The van der Waals surface area contributed by atoms with E-state index < -0.39 is 11.7 Å². The molecule has 0 N–H and O–H groups in total. The number of nitrogens with zero attached hydrogens (tertiary/aromatic N) is 2. The molecule has 25 heavy (non-hydrogen) atoms. The van der Waals surface area contributed by atoms with Crippen molar-refractivity contribution >= 4 is 11.7 Å². The van der Waals surface area contributed by atoms with Crippen molar-refractivity contribution in [3.8, 4) is 5.75 Å². The largest absolute Gasteiger partial charge is 0.496 e. The Labute approximate surface area is 147 Å². The maximum atomic E-state index is 11.7. The van der Waals surface area contributed by atoms with Gasteiger partial charge in [0.1, 0.15) is 5.75 Å². The third kappa shape index (κ3) is 3.15. The van der Waals surface area contributed by atoms with E-state index in [0.29, 0.717) is 5.75 Å². The number of ether oxygens (including phenoxy) is 1. The number of hydroxylamine groups is 2. The minimum absolute atomic E-state index is 0.377. The summed E-state index contributed by atoms with van der Waals surface area (Å²) in [5.74, 6) is 0.330. The minimum Gasteiger partial charge on any atom is -0.496 e. The van der Waals surface area contributed by atoms with Gasteiger partial charge in [0.2, 0.25) is 0 Å². The maximum Gasteiger partial charge on any atom is 0.322 e. The second kappa shape index (κ2) is 6.69. The predicted octanol–water partition coefficient (Wildman–Crippen LogP) is 3.76. The van der Waals surface area contributed by atoms with Gasteiger partial charge in [-0.1, -0.05) is 53.6 Å². The fourth-order valence-electron chi connectivity index (χ4n) is 3.14. The molecule has 2 aromatic rings. The van der Waals surface area contributed by atoms with Gasteiger partial charge in [0, 0.05) is 12.5 Å². The third-order valence-corrected chi connectivity index (χ3v) is 4.30. The summed E-state index contributed by atoms with van der Waals surface area (Å²) in [6.07, 6.45) is -0.467. The first-order valence-electron chi connectivity index (χ1n) is 8.19. The Morgan fingerprint density at radius 2 is 1.72 bits per heavy atom. The average molecular weight is 338 g/mol. The number of para-hydroxylation sites is 1. The van der Waals surface area contributed by atoms with Gasteiger partial charge < -0.3 is 9.57 Å². The van der Waals surface area contributed by atoms with E-state index in [1.807, 2.05) is 68.4 Å². The van der Waals surface area contributed by atoms with Crippen LogP contribution < -0.4 is 4.74 Å². The molecule has 0 aromatic heterocycles. The molecule has 0 aliphatic carbocycles. The van der Waals surface area contributed by atoms with Crippen LogP contribution in [0.1, 0.15) is 38.1 Å². The zero-order valence-electron chi connectivity index (χ0n) is 14.9. The van der Waals surface area contributed by atoms with E-state index in [4.69, 9.17) is 14.6 Å². The van der Waals surface area contributed by atoms with Crippen LogP contribution in [0.5, 0.6) is 5.75 Å². The summed E-state index contributed by atoms with van der Waals surface area (Å²) in [5.41, 5.74) is 2.14. The van der Waals surface area contributed by atoms with Gasteiger partial charge in [0.15, 0.2) is 6.17 Å². The molecule has 1 aliphatic rings. The van der Waals surface area contributed by atoms with E-state index >= 15 is 0 Å². The van der Waals surface area contributed by atoms with Crippen LogP contribution in [0.4, 0.5) is 0 Å². The van der Waals surface area contributed by atoms with Crippen LogP contribution in [-0.2, 0) is 9.63 Å². The number of carbonyl (C=O) groups excluding carboxylic acids is 1. The molecule has 130 valence electrons. The Balaban J connectivity index is 2.13. The zero-order chi connectivity index (χ0) is 18.0. The Hall–Kier alpha value is -2.66. The molecule has 5 nitrogen and oxygen atoms in total. The molecular formula is C20H22N2O3. The van der Waals surface area contributed by atoms with Crippen LogP contribution in [-0.4, -0.2) is 29.4 Å². The monoisotopic (exact) mass is 338 g/mol. The summed E-state index contributed by atoms with van der Waals surface area (Å²) in [4.78, 5) is 22.2. The molecule has 0 fully saturated rings. The van der Waals surface area contributed by atoms with Gasteiger partial charge in [-0.05, 0) is 25.5 Å². The van der Waals surface area contributed by atoms with Crippen LogP contribution in [0.2, 0.25) is 0 Å². The van der Waals surface area contributed by atoms with Gasteiger partial charge in [-0.3, -0.25) is 9.79 Å². The van der Waals surface area contributed by atoms with Gasteiger partial charge in [-0.15, -0.1) is 0 Å². The lowest BCUT2D eigenvalue weighted by Gasteiger charge is -2.33. The lowest BCUT2D eigenvalue weighted by Crippen LogP contribution is -2.47. The molecular weight excluding hydrogens is 316 g/mol. The van der Waals surface area contributed by atoms with Crippen molar-refractivity contribution in [2.45, 2.75) is 32.5 Å². The van der Waals surface area contributed by atoms with Crippen LogP contribution in [0.3, 0.4) is 0 Å². The molecule has 5 heteroatoms. The molecule has 0 radical (unpaired) electrons. The van der Waals surface area contributed by atoms with Crippen molar-refractivity contribution < 1.29 is 14.4 Å². The number of methoxy groups -OCH3 is 1. The third-order valence-electron chi connectivity index (χ3n) is 4.30. The summed E-state index contributed by atoms with van der Waals surface area (Å²) in [7, 11) is 1.62. The van der Waals surface area contributed by atoms with Gasteiger partial charge in [-0.25, -0.2) is 0 Å². The lowest BCUT2D eigenvalue weighted by molar-refractivity contribution is -0.214. The van der Waals surface area contributed by atoms with E-state index in [9.17, 15) is 4.79 Å². The van der Waals surface area contributed by atoms with Crippen molar-refractivity contribution in [3.05, 3.63) is 65.7 Å². The molecule has 1 atom stereocenters. The number of rotatable bonds is 4. The summed E-state index contributed by atoms with van der Waals surface area (Å²) in [6.45, 7) is 5.39. The highest BCUT2D eigenvalue weighted by Gasteiger charge is 2.47.